The third kappa shape index (κ3) is 17.6. The molecule has 0 N–H and O–H groups in total. The average Bonchev–Trinajstić information content (AvgIpc) is 2.72. The lowest BCUT2D eigenvalue weighted by Gasteiger charge is -2.35. The summed E-state index contributed by atoms with van der Waals surface area (Å²) in [6, 6.07) is 0. The van der Waals surface area contributed by atoms with Gasteiger partial charge < -0.3 is 0 Å². The molecule has 0 aromatic rings. The summed E-state index contributed by atoms with van der Waals surface area (Å²) >= 11 is 5.75. The summed E-state index contributed by atoms with van der Waals surface area (Å²) in [6.45, 7) is 7.10. The Morgan fingerprint density at radius 2 is 0.786 bits per heavy atom. The smallest absolute Gasteiger partial charge is 0.0214 e. The summed E-state index contributed by atoms with van der Waals surface area (Å²) in [5.41, 5.74) is 0.686. The molecule has 1 atom stereocenters. The van der Waals surface area contributed by atoms with Gasteiger partial charge in [-0.3, -0.25) is 0 Å². The molecule has 0 rings (SSSR count). The molecule has 0 aliphatic rings. The molecule has 170 valence electrons. The highest BCUT2D eigenvalue weighted by molar-refractivity contribution is 7.68. The summed E-state index contributed by atoms with van der Waals surface area (Å²) in [5, 5.41) is 0. The summed E-state index contributed by atoms with van der Waals surface area (Å²) < 4.78 is 0. The first-order chi connectivity index (χ1) is 13.7. The first-order valence-corrected chi connectivity index (χ1v) is 15.3. The Kier molecular flexibility index (Phi) is 23.0. The predicted octanol–water partition coefficient (Wildman–Crippen LogP) is 11.1. The molecule has 0 saturated heterocycles. The Balaban J connectivity index is 3.84. The van der Waals surface area contributed by atoms with Crippen LogP contribution in [0.1, 0.15) is 156 Å². The quantitative estimate of drug-likeness (QED) is 0.111. The van der Waals surface area contributed by atoms with E-state index in [4.69, 9.17) is 11.2 Å². The number of rotatable bonds is 23. The van der Waals surface area contributed by atoms with Crippen molar-refractivity contribution in [2.24, 2.45) is 5.41 Å². The van der Waals surface area contributed by atoms with Crippen LogP contribution in [-0.4, -0.2) is 6.16 Å². The van der Waals surface area contributed by atoms with Gasteiger partial charge in [-0.1, -0.05) is 124 Å². The van der Waals surface area contributed by atoms with Crippen molar-refractivity contribution in [3.63, 3.8) is 0 Å². The second-order valence-electron chi connectivity index (χ2n) is 9.33. The van der Waals surface area contributed by atoms with Gasteiger partial charge in [0, 0.05) is 0 Å². The van der Waals surface area contributed by atoms with Crippen molar-refractivity contribution in [2.75, 3.05) is 6.16 Å². The van der Waals surface area contributed by atoms with Crippen molar-refractivity contribution < 1.29 is 0 Å². The molecule has 28 heavy (non-hydrogen) atoms. The van der Waals surface area contributed by atoms with Crippen molar-refractivity contribution >= 4 is 19.2 Å². The van der Waals surface area contributed by atoms with E-state index in [-0.39, 0.29) is 0 Å². The van der Waals surface area contributed by atoms with E-state index in [1.54, 1.807) is 0 Å². The molecule has 1 unspecified atom stereocenters. The van der Waals surface area contributed by atoms with E-state index < -0.39 is 0 Å². The van der Waals surface area contributed by atoms with Crippen LogP contribution in [0.3, 0.4) is 0 Å². The van der Waals surface area contributed by atoms with Crippen molar-refractivity contribution in [2.45, 2.75) is 156 Å². The zero-order chi connectivity index (χ0) is 20.8. The molecule has 0 spiro atoms. The zero-order valence-electron chi connectivity index (χ0n) is 19.9. The Morgan fingerprint density at radius 1 is 0.464 bits per heavy atom. The summed E-state index contributed by atoms with van der Waals surface area (Å²) in [6.07, 6.45) is 31.6. The number of halogens is 1. The average molecular weight is 433 g/mol. The fourth-order valence-corrected chi connectivity index (χ4v) is 5.47. The topological polar surface area (TPSA) is 0 Å². The standard InChI is InChI=1S/C26H54ClP/c1-4-7-21-26(22-8-5-2,23-9-6-3)24-19-17-15-13-11-10-12-14-16-18-20-25-28-27/h28H,4-25H2,1-3H3. The van der Waals surface area contributed by atoms with Crippen LogP contribution in [0, 0.1) is 5.41 Å². The largest absolute Gasteiger partial charge is 0.100 e. The van der Waals surface area contributed by atoms with E-state index in [0.29, 0.717) is 13.3 Å². The minimum Gasteiger partial charge on any atom is -0.100 e. The molecule has 0 nitrogen and oxygen atoms in total. The molecular formula is C26H54ClP. The maximum absolute atomic E-state index is 5.75. The fraction of sp³-hybridized carbons (Fsp3) is 1.00. The van der Waals surface area contributed by atoms with E-state index >= 15 is 0 Å². The van der Waals surface area contributed by atoms with Gasteiger partial charge in [0.05, 0.1) is 0 Å². The van der Waals surface area contributed by atoms with Crippen LogP contribution < -0.4 is 0 Å². The SMILES string of the molecule is CCCCC(CCCC)(CCCC)CCCCCCCCCCCCCPCl. The van der Waals surface area contributed by atoms with Crippen molar-refractivity contribution in [1.29, 1.82) is 0 Å². The number of unbranched alkanes of at least 4 members (excludes halogenated alkanes) is 13. The van der Waals surface area contributed by atoms with Crippen LogP contribution >= 0.6 is 19.2 Å². The number of hydrogen-bond donors (Lipinski definition) is 0. The minimum absolute atomic E-state index is 0.636. The van der Waals surface area contributed by atoms with Crippen LogP contribution in [0.25, 0.3) is 0 Å². The molecule has 0 bridgehead atoms. The van der Waals surface area contributed by atoms with Crippen LogP contribution in [0.4, 0.5) is 0 Å². The van der Waals surface area contributed by atoms with Gasteiger partial charge in [0.1, 0.15) is 0 Å². The molecular weight excluding hydrogens is 379 g/mol. The van der Waals surface area contributed by atoms with Gasteiger partial charge in [-0.05, 0) is 51.6 Å². The van der Waals surface area contributed by atoms with Gasteiger partial charge in [-0.25, -0.2) is 0 Å². The van der Waals surface area contributed by atoms with E-state index in [1.807, 2.05) is 0 Å². The lowest BCUT2D eigenvalue weighted by atomic mass is 9.71. The molecule has 0 aromatic carbocycles. The molecule has 0 amide bonds. The van der Waals surface area contributed by atoms with Gasteiger partial charge in [0.15, 0.2) is 0 Å². The van der Waals surface area contributed by atoms with Gasteiger partial charge >= 0.3 is 0 Å². The lowest BCUT2D eigenvalue weighted by molar-refractivity contribution is 0.175. The van der Waals surface area contributed by atoms with Crippen molar-refractivity contribution in [3.05, 3.63) is 0 Å². The van der Waals surface area contributed by atoms with Gasteiger partial charge in [-0.2, -0.15) is 0 Å². The first kappa shape index (κ1) is 28.7. The number of hydrogen-bond acceptors (Lipinski definition) is 0. The second kappa shape index (κ2) is 22.4. The summed E-state index contributed by atoms with van der Waals surface area (Å²) in [7, 11) is 0.636. The van der Waals surface area contributed by atoms with Gasteiger partial charge in [0.25, 0.3) is 0 Å². The van der Waals surface area contributed by atoms with Gasteiger partial charge in [-0.15, -0.1) is 11.2 Å². The van der Waals surface area contributed by atoms with Crippen LogP contribution in [0.5, 0.6) is 0 Å². The third-order valence-corrected chi connectivity index (χ3v) is 7.77. The first-order valence-electron chi connectivity index (χ1n) is 13.1. The van der Waals surface area contributed by atoms with E-state index in [0.717, 1.165) is 0 Å². The van der Waals surface area contributed by atoms with Crippen molar-refractivity contribution in [3.8, 4) is 0 Å². The molecule has 0 radical (unpaired) electrons. The highest BCUT2D eigenvalue weighted by Gasteiger charge is 2.27. The third-order valence-electron chi connectivity index (χ3n) is 6.66. The van der Waals surface area contributed by atoms with Crippen LogP contribution in [0.2, 0.25) is 0 Å². The Labute approximate surface area is 186 Å². The molecule has 0 aromatic heterocycles. The van der Waals surface area contributed by atoms with E-state index in [2.05, 4.69) is 20.8 Å². The fourth-order valence-electron chi connectivity index (χ4n) is 4.69. The molecule has 0 aliphatic heterocycles. The normalized spacial score (nSPS) is 12.4. The summed E-state index contributed by atoms with van der Waals surface area (Å²) in [4.78, 5) is 0. The molecule has 0 fully saturated rings. The van der Waals surface area contributed by atoms with Gasteiger partial charge in [0.2, 0.25) is 0 Å². The van der Waals surface area contributed by atoms with E-state index in [1.165, 1.54) is 141 Å². The molecule has 0 heterocycles. The maximum Gasteiger partial charge on any atom is -0.0214 e. The summed E-state index contributed by atoms with van der Waals surface area (Å²) in [5.74, 6) is 0. The Bertz CT molecular complexity index is 270. The zero-order valence-corrected chi connectivity index (χ0v) is 21.7. The highest BCUT2D eigenvalue weighted by Crippen LogP contribution is 2.41. The maximum atomic E-state index is 5.75. The second-order valence-corrected chi connectivity index (χ2v) is 10.9. The van der Waals surface area contributed by atoms with E-state index in [9.17, 15) is 0 Å². The predicted molar refractivity (Wildman–Crippen MR) is 135 cm³/mol. The van der Waals surface area contributed by atoms with Crippen molar-refractivity contribution in [1.82, 2.24) is 0 Å². The minimum atomic E-state index is 0.636. The Morgan fingerprint density at radius 3 is 1.14 bits per heavy atom. The lowest BCUT2D eigenvalue weighted by Crippen LogP contribution is -2.21. The molecule has 2 heteroatoms. The molecule has 0 aliphatic carbocycles. The monoisotopic (exact) mass is 432 g/mol. The Hall–Kier alpha value is 0.720. The highest BCUT2D eigenvalue weighted by atomic mass is 35.7. The van der Waals surface area contributed by atoms with Crippen LogP contribution in [0.15, 0.2) is 0 Å². The van der Waals surface area contributed by atoms with Crippen LogP contribution in [-0.2, 0) is 0 Å². The molecule has 0 saturated carbocycles.